The normalized spacial score (nSPS) is 22.1. The summed E-state index contributed by atoms with van der Waals surface area (Å²) in [5.41, 5.74) is 0. The van der Waals surface area contributed by atoms with Gasteiger partial charge in [0.05, 0.1) is 5.01 Å². The molecule has 0 amide bonds. The molecular weight excluding hydrogens is 192 g/mol. The zero-order chi connectivity index (χ0) is 9.97. The molecule has 0 radical (unpaired) electrons. The molecular formula is C11H18N2S. The maximum Gasteiger partial charge on any atom is 0.0953 e. The van der Waals surface area contributed by atoms with E-state index in [-0.39, 0.29) is 0 Å². The van der Waals surface area contributed by atoms with Crippen LogP contribution in [0.2, 0.25) is 0 Å². The molecule has 14 heavy (non-hydrogen) atoms. The van der Waals surface area contributed by atoms with Crippen LogP contribution in [0.15, 0.2) is 6.20 Å². The van der Waals surface area contributed by atoms with Crippen molar-refractivity contribution in [1.82, 2.24) is 10.3 Å². The minimum atomic E-state index is 0.574. The summed E-state index contributed by atoms with van der Waals surface area (Å²) in [5, 5.41) is 4.80. The quantitative estimate of drug-likeness (QED) is 0.829. The van der Waals surface area contributed by atoms with Gasteiger partial charge in [0, 0.05) is 23.0 Å². The Morgan fingerprint density at radius 3 is 3.07 bits per heavy atom. The van der Waals surface area contributed by atoms with Gasteiger partial charge in [-0.15, -0.1) is 11.3 Å². The average Bonchev–Trinajstić information content (AvgIpc) is 2.75. The van der Waals surface area contributed by atoms with E-state index in [4.69, 9.17) is 0 Å². The summed E-state index contributed by atoms with van der Waals surface area (Å²) in [5.74, 6) is 0.574. The molecule has 1 aliphatic rings. The second-order valence-corrected chi connectivity index (χ2v) is 5.46. The lowest BCUT2D eigenvalue weighted by atomic mass is 10.1. The molecule has 0 bridgehead atoms. The third-order valence-corrected chi connectivity index (χ3v) is 4.00. The lowest BCUT2D eigenvalue weighted by Crippen LogP contribution is -2.23. The van der Waals surface area contributed by atoms with Crippen LogP contribution in [0.3, 0.4) is 0 Å². The Hall–Kier alpha value is -0.410. The summed E-state index contributed by atoms with van der Waals surface area (Å²) in [4.78, 5) is 5.89. The topological polar surface area (TPSA) is 24.9 Å². The van der Waals surface area contributed by atoms with Gasteiger partial charge in [-0.3, -0.25) is 0 Å². The molecule has 0 spiro atoms. The zero-order valence-corrected chi connectivity index (χ0v) is 9.73. The standard InChI is InChI=1S/C11H18N2S/c1-8(2)11-13-7-10(14-11)6-9-4-3-5-12-9/h7-9,12H,3-6H2,1-2H3. The van der Waals surface area contributed by atoms with Crippen molar-refractivity contribution in [3.63, 3.8) is 0 Å². The smallest absolute Gasteiger partial charge is 0.0953 e. The lowest BCUT2D eigenvalue weighted by Gasteiger charge is -2.06. The van der Waals surface area contributed by atoms with Crippen molar-refractivity contribution in [3.05, 3.63) is 16.1 Å². The Bertz CT molecular complexity index is 287. The van der Waals surface area contributed by atoms with Gasteiger partial charge in [-0.25, -0.2) is 4.98 Å². The van der Waals surface area contributed by atoms with E-state index in [0.717, 1.165) is 0 Å². The Balaban J connectivity index is 1.95. The van der Waals surface area contributed by atoms with Gasteiger partial charge in [-0.2, -0.15) is 0 Å². The fourth-order valence-corrected chi connectivity index (χ4v) is 2.86. The van der Waals surface area contributed by atoms with Crippen LogP contribution in [0.5, 0.6) is 0 Å². The largest absolute Gasteiger partial charge is 0.314 e. The van der Waals surface area contributed by atoms with E-state index < -0.39 is 0 Å². The van der Waals surface area contributed by atoms with Crippen LogP contribution in [0, 0.1) is 0 Å². The Kier molecular flexibility index (Phi) is 3.19. The maximum absolute atomic E-state index is 4.45. The molecule has 0 aliphatic carbocycles. The number of thiazole rings is 1. The van der Waals surface area contributed by atoms with Gasteiger partial charge in [0.25, 0.3) is 0 Å². The summed E-state index contributed by atoms with van der Waals surface area (Å²) < 4.78 is 0. The van der Waals surface area contributed by atoms with Gasteiger partial charge in [0.2, 0.25) is 0 Å². The molecule has 1 aromatic heterocycles. The minimum absolute atomic E-state index is 0.574. The molecule has 3 heteroatoms. The molecule has 2 rings (SSSR count). The lowest BCUT2D eigenvalue weighted by molar-refractivity contribution is 0.607. The van der Waals surface area contributed by atoms with E-state index >= 15 is 0 Å². The molecule has 1 saturated heterocycles. The molecule has 1 unspecified atom stereocenters. The van der Waals surface area contributed by atoms with E-state index in [1.807, 2.05) is 11.3 Å². The van der Waals surface area contributed by atoms with Crippen molar-refractivity contribution in [2.45, 2.75) is 45.1 Å². The number of nitrogens with one attached hydrogen (secondary N) is 1. The number of rotatable bonds is 3. The molecule has 1 aromatic rings. The van der Waals surface area contributed by atoms with Crippen LogP contribution in [0.4, 0.5) is 0 Å². The first-order valence-corrected chi connectivity index (χ1v) is 6.25. The second kappa shape index (κ2) is 4.41. The van der Waals surface area contributed by atoms with Crippen molar-refractivity contribution in [1.29, 1.82) is 0 Å². The molecule has 1 atom stereocenters. The molecule has 1 fully saturated rings. The van der Waals surface area contributed by atoms with Crippen molar-refractivity contribution >= 4 is 11.3 Å². The van der Waals surface area contributed by atoms with Crippen LogP contribution in [0.1, 0.15) is 42.5 Å². The van der Waals surface area contributed by atoms with Crippen molar-refractivity contribution in [2.75, 3.05) is 6.54 Å². The fourth-order valence-electron chi connectivity index (χ4n) is 1.86. The summed E-state index contributed by atoms with van der Waals surface area (Å²) in [6.07, 6.45) is 5.89. The van der Waals surface area contributed by atoms with Gasteiger partial charge in [0.1, 0.15) is 0 Å². The van der Waals surface area contributed by atoms with E-state index in [1.165, 1.54) is 35.7 Å². The van der Waals surface area contributed by atoms with E-state index in [9.17, 15) is 0 Å². The first-order chi connectivity index (χ1) is 6.75. The summed E-state index contributed by atoms with van der Waals surface area (Å²) in [7, 11) is 0. The Morgan fingerprint density at radius 2 is 2.50 bits per heavy atom. The van der Waals surface area contributed by atoms with E-state index in [0.29, 0.717) is 12.0 Å². The second-order valence-electron chi connectivity index (χ2n) is 4.32. The zero-order valence-electron chi connectivity index (χ0n) is 8.92. The molecule has 1 aliphatic heterocycles. The Labute approximate surface area is 89.8 Å². The highest BCUT2D eigenvalue weighted by atomic mass is 32.1. The number of hydrogen-bond acceptors (Lipinski definition) is 3. The summed E-state index contributed by atoms with van der Waals surface area (Å²) in [6.45, 7) is 5.60. The highest BCUT2D eigenvalue weighted by molar-refractivity contribution is 7.11. The van der Waals surface area contributed by atoms with E-state index in [1.54, 1.807) is 0 Å². The number of nitrogens with zero attached hydrogens (tertiary/aromatic N) is 1. The summed E-state index contributed by atoms with van der Waals surface area (Å²) >= 11 is 1.88. The van der Waals surface area contributed by atoms with Crippen molar-refractivity contribution in [2.24, 2.45) is 0 Å². The van der Waals surface area contributed by atoms with Gasteiger partial charge >= 0.3 is 0 Å². The van der Waals surface area contributed by atoms with Gasteiger partial charge in [-0.1, -0.05) is 13.8 Å². The molecule has 2 heterocycles. The Morgan fingerprint density at radius 1 is 1.64 bits per heavy atom. The van der Waals surface area contributed by atoms with E-state index in [2.05, 4.69) is 30.3 Å². The molecule has 0 saturated carbocycles. The highest BCUT2D eigenvalue weighted by Crippen LogP contribution is 2.23. The van der Waals surface area contributed by atoms with Crippen molar-refractivity contribution in [3.8, 4) is 0 Å². The first-order valence-electron chi connectivity index (χ1n) is 5.43. The van der Waals surface area contributed by atoms with Crippen LogP contribution >= 0.6 is 11.3 Å². The van der Waals surface area contributed by atoms with Crippen LogP contribution in [-0.2, 0) is 6.42 Å². The minimum Gasteiger partial charge on any atom is -0.314 e. The maximum atomic E-state index is 4.45. The highest BCUT2D eigenvalue weighted by Gasteiger charge is 2.16. The SMILES string of the molecule is CC(C)c1ncc(CC2CCCN2)s1. The molecule has 2 nitrogen and oxygen atoms in total. The third-order valence-electron chi connectivity index (χ3n) is 2.68. The van der Waals surface area contributed by atoms with Gasteiger partial charge in [-0.05, 0) is 25.8 Å². The molecule has 0 aromatic carbocycles. The van der Waals surface area contributed by atoms with Crippen LogP contribution < -0.4 is 5.32 Å². The monoisotopic (exact) mass is 210 g/mol. The van der Waals surface area contributed by atoms with Crippen molar-refractivity contribution < 1.29 is 0 Å². The number of hydrogen-bond donors (Lipinski definition) is 1. The first kappa shape index (κ1) is 10.1. The third kappa shape index (κ3) is 2.34. The van der Waals surface area contributed by atoms with Crippen LogP contribution in [0.25, 0.3) is 0 Å². The molecule has 78 valence electrons. The average molecular weight is 210 g/mol. The predicted octanol–water partition coefficient (Wildman–Crippen LogP) is 2.56. The van der Waals surface area contributed by atoms with Crippen LogP contribution in [-0.4, -0.2) is 17.6 Å². The van der Waals surface area contributed by atoms with Gasteiger partial charge < -0.3 is 5.32 Å². The number of aromatic nitrogens is 1. The fraction of sp³-hybridized carbons (Fsp3) is 0.727. The summed E-state index contributed by atoms with van der Waals surface area (Å²) in [6, 6.07) is 0.704. The predicted molar refractivity (Wildman–Crippen MR) is 60.9 cm³/mol. The van der Waals surface area contributed by atoms with Gasteiger partial charge in [0.15, 0.2) is 0 Å². The molecule has 1 N–H and O–H groups in total.